The Morgan fingerprint density at radius 1 is 1.02 bits per heavy atom. The zero-order chi connectivity index (χ0) is 30.9. The number of benzene rings is 1. The smallest absolute Gasteiger partial charge is 0.409 e. The molecule has 2 fully saturated rings. The van der Waals surface area contributed by atoms with Crippen molar-refractivity contribution in [1.82, 2.24) is 25.3 Å². The van der Waals surface area contributed by atoms with Gasteiger partial charge >= 0.3 is 18.1 Å². The minimum atomic E-state index is -1.07. The van der Waals surface area contributed by atoms with Crippen LogP contribution in [0.15, 0.2) is 42.7 Å². The second-order valence-corrected chi connectivity index (χ2v) is 11.3. The molecule has 2 atom stereocenters. The summed E-state index contributed by atoms with van der Waals surface area (Å²) in [6, 6.07) is 7.99. The van der Waals surface area contributed by atoms with E-state index in [4.69, 9.17) is 15.2 Å². The van der Waals surface area contributed by atoms with Gasteiger partial charge in [-0.3, -0.25) is 19.3 Å². The molecule has 0 spiro atoms. The van der Waals surface area contributed by atoms with Gasteiger partial charge in [0.25, 0.3) is 0 Å². The van der Waals surface area contributed by atoms with Crippen molar-refractivity contribution in [1.29, 1.82) is 0 Å². The van der Waals surface area contributed by atoms with Gasteiger partial charge in [-0.15, -0.1) is 0 Å². The van der Waals surface area contributed by atoms with E-state index in [2.05, 4.69) is 17.2 Å². The molecule has 3 rings (SSSR count). The monoisotopic (exact) mass is 586 g/mol. The lowest BCUT2D eigenvalue weighted by Gasteiger charge is -2.47. The first-order chi connectivity index (χ1) is 19.9. The molecule has 1 unspecified atom stereocenters. The molecule has 13 nitrogen and oxygen atoms in total. The van der Waals surface area contributed by atoms with Crippen molar-refractivity contribution in [3.63, 3.8) is 0 Å². The molecule has 1 aromatic rings. The molecule has 2 aliphatic heterocycles. The third-order valence-corrected chi connectivity index (χ3v) is 6.83. The predicted octanol–water partition coefficient (Wildman–Crippen LogP) is 1.19. The average molecular weight is 587 g/mol. The van der Waals surface area contributed by atoms with Crippen LogP contribution in [-0.2, 0) is 30.3 Å². The number of hydrogen-bond donors (Lipinski definition) is 3. The van der Waals surface area contributed by atoms with Crippen LogP contribution in [-0.4, -0.2) is 102 Å². The lowest BCUT2D eigenvalue weighted by Crippen LogP contribution is -2.71. The second kappa shape index (κ2) is 14.6. The summed E-state index contributed by atoms with van der Waals surface area (Å²) >= 11 is 0. The normalized spacial score (nSPS) is 18.5. The molecule has 42 heavy (non-hydrogen) atoms. The van der Waals surface area contributed by atoms with E-state index in [9.17, 15) is 24.0 Å². The fourth-order valence-electron chi connectivity index (χ4n) is 4.78. The van der Waals surface area contributed by atoms with E-state index < -0.39 is 54.0 Å². The number of likely N-dealkylation sites (tertiary alicyclic amines) is 1. The Balaban J connectivity index is 1.55. The van der Waals surface area contributed by atoms with E-state index in [0.29, 0.717) is 25.8 Å². The van der Waals surface area contributed by atoms with Crippen molar-refractivity contribution in [3.05, 3.63) is 48.3 Å². The first-order valence-electron chi connectivity index (χ1n) is 14.1. The van der Waals surface area contributed by atoms with Crippen LogP contribution in [0.1, 0.15) is 39.2 Å². The molecule has 13 heteroatoms. The highest BCUT2D eigenvalue weighted by Crippen LogP contribution is 2.32. The Bertz CT molecular complexity index is 1140. The Morgan fingerprint density at radius 2 is 1.67 bits per heavy atom. The molecule has 0 saturated carbocycles. The molecule has 2 aliphatic rings. The lowest BCUT2D eigenvalue weighted by atomic mass is 9.83. The summed E-state index contributed by atoms with van der Waals surface area (Å²) in [7, 11) is 0. The highest BCUT2D eigenvalue weighted by molar-refractivity contribution is 6.09. The van der Waals surface area contributed by atoms with Gasteiger partial charge in [0, 0.05) is 39.1 Å². The summed E-state index contributed by atoms with van der Waals surface area (Å²) in [5, 5.41) is 5.38. The fraction of sp³-hybridized carbons (Fsp3) is 0.552. The number of β-lactam (4-membered cyclic amide) rings is 1. The van der Waals surface area contributed by atoms with Crippen molar-refractivity contribution in [2.75, 3.05) is 45.9 Å². The van der Waals surface area contributed by atoms with E-state index in [0.717, 1.165) is 10.5 Å². The van der Waals surface area contributed by atoms with Crippen LogP contribution in [0.5, 0.6) is 0 Å². The Morgan fingerprint density at radius 3 is 2.29 bits per heavy atom. The highest BCUT2D eigenvalue weighted by Gasteiger charge is 2.55. The van der Waals surface area contributed by atoms with Gasteiger partial charge in [0.1, 0.15) is 18.2 Å². The zero-order valence-electron chi connectivity index (χ0n) is 24.6. The average Bonchev–Trinajstić information content (AvgIpc) is 2.93. The Labute approximate surface area is 246 Å². The number of ether oxygens (including phenoxy) is 2. The molecular weight excluding hydrogens is 544 g/mol. The van der Waals surface area contributed by atoms with Crippen LogP contribution >= 0.6 is 0 Å². The zero-order valence-corrected chi connectivity index (χ0v) is 24.6. The Hall–Kier alpha value is -4.29. The Kier molecular flexibility index (Phi) is 11.2. The number of carbonyl (C=O) groups is 5. The first kappa shape index (κ1) is 32.2. The number of imide groups is 1. The molecule has 5 amide bonds. The third kappa shape index (κ3) is 9.11. The van der Waals surface area contributed by atoms with Crippen LogP contribution in [0.4, 0.5) is 9.59 Å². The SMILES string of the molecule is C=C(N)NCCC[C@H]1C(=O)N(C(=O)N2CCN(C(=O)OCCc3ccccc3)CC2)C1C(=O)NCC(=O)OC(C)(C)C. The van der Waals surface area contributed by atoms with E-state index in [-0.39, 0.29) is 38.6 Å². The third-order valence-electron chi connectivity index (χ3n) is 6.83. The van der Waals surface area contributed by atoms with Crippen molar-refractivity contribution in [2.24, 2.45) is 11.7 Å². The lowest BCUT2D eigenvalue weighted by molar-refractivity contribution is -0.160. The highest BCUT2D eigenvalue weighted by atomic mass is 16.6. The standard InChI is InChI=1S/C29H42N6O7/c1-20(30)31-13-8-11-22-24(25(37)32-19-23(36)42-29(2,3)4)35(26(22)38)27(39)33-14-16-34(17-15-33)28(40)41-18-12-21-9-6-5-7-10-21/h5-7,9-10,22,24,31H,1,8,11-19,30H2,2-4H3,(H,32,37)/t22-,24?/m1/s1. The minimum absolute atomic E-state index is 0.176. The van der Waals surface area contributed by atoms with Gasteiger partial charge < -0.3 is 35.6 Å². The summed E-state index contributed by atoms with van der Waals surface area (Å²) in [6.07, 6.45) is 0.967. The number of nitrogens with zero attached hydrogens (tertiary/aromatic N) is 3. The second-order valence-electron chi connectivity index (χ2n) is 11.3. The molecule has 2 saturated heterocycles. The molecule has 0 aromatic heterocycles. The van der Waals surface area contributed by atoms with Crippen LogP contribution in [0.2, 0.25) is 0 Å². The molecule has 2 heterocycles. The van der Waals surface area contributed by atoms with Gasteiger partial charge in [0.15, 0.2) is 0 Å². The quantitative estimate of drug-likeness (QED) is 0.196. The summed E-state index contributed by atoms with van der Waals surface area (Å²) in [6.45, 7) is 9.79. The number of amides is 5. The van der Waals surface area contributed by atoms with Gasteiger partial charge in [-0.2, -0.15) is 0 Å². The number of urea groups is 1. The van der Waals surface area contributed by atoms with E-state index in [1.165, 1.54) is 9.80 Å². The van der Waals surface area contributed by atoms with Gasteiger partial charge in [0.05, 0.1) is 18.3 Å². The van der Waals surface area contributed by atoms with Crippen molar-refractivity contribution >= 4 is 29.9 Å². The van der Waals surface area contributed by atoms with Crippen molar-refractivity contribution in [2.45, 2.75) is 51.7 Å². The van der Waals surface area contributed by atoms with E-state index >= 15 is 0 Å². The molecular formula is C29H42N6O7. The van der Waals surface area contributed by atoms with Crippen LogP contribution < -0.4 is 16.4 Å². The number of nitrogens with two attached hydrogens (primary N) is 1. The van der Waals surface area contributed by atoms with Crippen molar-refractivity contribution < 1.29 is 33.4 Å². The molecule has 4 N–H and O–H groups in total. The number of hydrogen-bond acceptors (Lipinski definition) is 9. The van der Waals surface area contributed by atoms with Crippen molar-refractivity contribution in [3.8, 4) is 0 Å². The summed E-state index contributed by atoms with van der Waals surface area (Å²) in [5.41, 5.74) is 5.85. The molecule has 0 aliphatic carbocycles. The fourth-order valence-corrected chi connectivity index (χ4v) is 4.78. The molecule has 1 aromatic carbocycles. The topological polar surface area (TPSA) is 164 Å². The molecule has 0 bridgehead atoms. The van der Waals surface area contributed by atoms with E-state index in [1.54, 1.807) is 20.8 Å². The number of rotatable bonds is 11. The number of nitrogens with one attached hydrogen (secondary N) is 2. The van der Waals surface area contributed by atoms with Gasteiger partial charge in [-0.05, 0) is 39.2 Å². The van der Waals surface area contributed by atoms with Crippen LogP contribution in [0.3, 0.4) is 0 Å². The number of esters is 1. The van der Waals surface area contributed by atoms with Crippen LogP contribution in [0.25, 0.3) is 0 Å². The maximum absolute atomic E-state index is 13.4. The maximum atomic E-state index is 13.4. The molecule has 0 radical (unpaired) electrons. The van der Waals surface area contributed by atoms with Gasteiger partial charge in [-0.1, -0.05) is 36.9 Å². The largest absolute Gasteiger partial charge is 0.459 e. The number of piperazine rings is 1. The summed E-state index contributed by atoms with van der Waals surface area (Å²) < 4.78 is 10.6. The minimum Gasteiger partial charge on any atom is -0.459 e. The first-order valence-corrected chi connectivity index (χ1v) is 14.1. The summed E-state index contributed by atoms with van der Waals surface area (Å²) in [4.78, 5) is 68.1. The van der Waals surface area contributed by atoms with E-state index in [1.807, 2.05) is 30.3 Å². The van der Waals surface area contributed by atoms with Crippen LogP contribution in [0, 0.1) is 5.92 Å². The number of carbonyl (C=O) groups excluding carboxylic acids is 5. The van der Waals surface area contributed by atoms with Gasteiger partial charge in [-0.25, -0.2) is 9.59 Å². The molecule has 230 valence electrons. The van der Waals surface area contributed by atoms with Gasteiger partial charge in [0.2, 0.25) is 11.8 Å². The summed E-state index contributed by atoms with van der Waals surface area (Å²) in [5.74, 6) is -2.16. The maximum Gasteiger partial charge on any atom is 0.409 e. The predicted molar refractivity (Wildman–Crippen MR) is 154 cm³/mol.